The molecule has 2 heterocycles. The molecule has 0 aliphatic rings. The summed E-state index contributed by atoms with van der Waals surface area (Å²) in [4.78, 5) is 29.3. The molecule has 2 aromatic carbocycles. The molecule has 0 unspecified atom stereocenters. The Morgan fingerprint density at radius 1 is 1.10 bits per heavy atom. The lowest BCUT2D eigenvalue weighted by molar-refractivity contribution is 0.363. The number of halogens is 1. The van der Waals surface area contributed by atoms with Gasteiger partial charge in [0.15, 0.2) is 0 Å². The fourth-order valence-electron chi connectivity index (χ4n) is 2.81. The number of nitrogens with zero attached hydrogens (tertiary/aromatic N) is 3. The average molecular weight is 421 g/mol. The first-order chi connectivity index (χ1) is 14.5. The Kier molecular flexibility index (Phi) is 5.49. The van der Waals surface area contributed by atoms with Crippen LogP contribution in [0, 0.1) is 5.82 Å². The molecule has 8 heteroatoms. The summed E-state index contributed by atoms with van der Waals surface area (Å²) < 4.78 is 20.1. The summed E-state index contributed by atoms with van der Waals surface area (Å²) >= 11 is 1.10. The van der Waals surface area contributed by atoms with Crippen LogP contribution < -0.4 is 20.4 Å². The van der Waals surface area contributed by atoms with Gasteiger partial charge < -0.3 is 4.74 Å². The number of ether oxygens (including phenoxy) is 1. The standard InChI is InChI=1S/C22H16FN3O3S/c1-2-11-29-17-9-5-15(6-10-17)13-19-21(28)26-22(30-19)24-20(27)18(25-26)12-14-3-7-16(23)8-4-14/h2-10,13H,1,11-12H2/b19-13+. The van der Waals surface area contributed by atoms with Gasteiger partial charge in [-0.1, -0.05) is 48.3 Å². The lowest BCUT2D eigenvalue weighted by Crippen LogP contribution is -2.28. The van der Waals surface area contributed by atoms with E-state index >= 15 is 0 Å². The van der Waals surface area contributed by atoms with E-state index in [1.54, 1.807) is 36.4 Å². The van der Waals surface area contributed by atoms with Gasteiger partial charge in [0.1, 0.15) is 23.9 Å². The first-order valence-corrected chi connectivity index (χ1v) is 9.88. The zero-order valence-corrected chi connectivity index (χ0v) is 16.6. The van der Waals surface area contributed by atoms with Crippen LogP contribution in [0.2, 0.25) is 0 Å². The molecule has 0 saturated heterocycles. The third kappa shape index (κ3) is 4.18. The molecule has 0 spiro atoms. The summed E-state index contributed by atoms with van der Waals surface area (Å²) in [6.45, 7) is 4.02. The summed E-state index contributed by atoms with van der Waals surface area (Å²) in [7, 11) is 0. The second kappa shape index (κ2) is 8.38. The van der Waals surface area contributed by atoms with Gasteiger partial charge in [-0.3, -0.25) is 9.59 Å². The Labute approximate surface area is 174 Å². The van der Waals surface area contributed by atoms with E-state index in [0.29, 0.717) is 22.5 Å². The molecule has 6 nitrogen and oxygen atoms in total. The molecule has 2 aromatic heterocycles. The fraction of sp³-hybridized carbons (Fsp3) is 0.0909. The summed E-state index contributed by atoms with van der Waals surface area (Å²) in [6, 6.07) is 13.0. The maximum absolute atomic E-state index is 13.1. The largest absolute Gasteiger partial charge is 0.490 e. The van der Waals surface area contributed by atoms with E-state index in [2.05, 4.69) is 16.7 Å². The van der Waals surface area contributed by atoms with Gasteiger partial charge in [0.25, 0.3) is 11.1 Å². The third-order valence-corrected chi connectivity index (χ3v) is 5.24. The van der Waals surface area contributed by atoms with E-state index in [1.807, 2.05) is 12.1 Å². The van der Waals surface area contributed by atoms with Crippen molar-refractivity contribution in [2.75, 3.05) is 6.61 Å². The molecule has 0 N–H and O–H groups in total. The van der Waals surface area contributed by atoms with Crippen LogP contribution in [0.5, 0.6) is 5.75 Å². The van der Waals surface area contributed by atoms with Crippen molar-refractivity contribution < 1.29 is 9.13 Å². The molecule has 0 fully saturated rings. The Morgan fingerprint density at radius 3 is 2.53 bits per heavy atom. The number of hydrogen-bond acceptors (Lipinski definition) is 6. The van der Waals surface area contributed by atoms with Gasteiger partial charge in [-0.05, 0) is 41.5 Å². The van der Waals surface area contributed by atoms with Crippen molar-refractivity contribution in [1.82, 2.24) is 14.6 Å². The minimum Gasteiger partial charge on any atom is -0.490 e. The van der Waals surface area contributed by atoms with Gasteiger partial charge in [-0.2, -0.15) is 14.6 Å². The first-order valence-electron chi connectivity index (χ1n) is 9.06. The van der Waals surface area contributed by atoms with E-state index in [9.17, 15) is 14.0 Å². The van der Waals surface area contributed by atoms with Crippen LogP contribution in [0.1, 0.15) is 16.8 Å². The molecular weight excluding hydrogens is 405 g/mol. The highest BCUT2D eigenvalue weighted by Gasteiger charge is 2.12. The van der Waals surface area contributed by atoms with Gasteiger partial charge in [-0.15, -0.1) is 0 Å². The summed E-state index contributed by atoms with van der Waals surface area (Å²) in [5.41, 5.74) is 0.782. The molecule has 0 aliphatic carbocycles. The predicted octanol–water partition coefficient (Wildman–Crippen LogP) is 2.35. The van der Waals surface area contributed by atoms with Crippen molar-refractivity contribution in [3.63, 3.8) is 0 Å². The van der Waals surface area contributed by atoms with Gasteiger partial charge >= 0.3 is 0 Å². The smallest absolute Gasteiger partial charge is 0.296 e. The topological polar surface area (TPSA) is 73.6 Å². The highest BCUT2D eigenvalue weighted by Crippen LogP contribution is 2.13. The van der Waals surface area contributed by atoms with Crippen molar-refractivity contribution in [1.29, 1.82) is 0 Å². The summed E-state index contributed by atoms with van der Waals surface area (Å²) in [5, 5.41) is 4.20. The zero-order chi connectivity index (χ0) is 21.1. The Morgan fingerprint density at radius 2 is 1.83 bits per heavy atom. The van der Waals surface area contributed by atoms with E-state index < -0.39 is 5.56 Å². The van der Waals surface area contributed by atoms with Gasteiger partial charge in [-0.25, -0.2) is 4.39 Å². The Hall–Kier alpha value is -3.65. The van der Waals surface area contributed by atoms with E-state index in [0.717, 1.165) is 21.4 Å². The molecule has 0 radical (unpaired) electrons. The van der Waals surface area contributed by atoms with Crippen molar-refractivity contribution in [2.45, 2.75) is 6.42 Å². The number of aromatic nitrogens is 3. The molecule has 150 valence electrons. The monoisotopic (exact) mass is 421 g/mol. The molecule has 0 aliphatic heterocycles. The molecule has 4 aromatic rings. The number of fused-ring (bicyclic) bond motifs is 1. The van der Waals surface area contributed by atoms with Crippen molar-refractivity contribution >= 4 is 22.4 Å². The summed E-state index contributed by atoms with van der Waals surface area (Å²) in [5.74, 6) is 0.335. The van der Waals surface area contributed by atoms with Crippen LogP contribution in [0.4, 0.5) is 4.39 Å². The first kappa shape index (κ1) is 19.7. The van der Waals surface area contributed by atoms with Crippen molar-refractivity contribution in [3.8, 4) is 5.75 Å². The molecule has 0 amide bonds. The van der Waals surface area contributed by atoms with Crippen LogP contribution >= 0.6 is 11.3 Å². The van der Waals surface area contributed by atoms with Crippen LogP contribution in [-0.2, 0) is 6.42 Å². The van der Waals surface area contributed by atoms with Gasteiger partial charge in [0, 0.05) is 6.42 Å². The van der Waals surface area contributed by atoms with Crippen LogP contribution in [0.3, 0.4) is 0 Å². The van der Waals surface area contributed by atoms with Gasteiger partial charge in [0.05, 0.1) is 4.53 Å². The van der Waals surface area contributed by atoms with Crippen LogP contribution in [0.25, 0.3) is 11.0 Å². The maximum Gasteiger partial charge on any atom is 0.296 e. The maximum atomic E-state index is 13.1. The van der Waals surface area contributed by atoms with Crippen molar-refractivity contribution in [3.05, 3.63) is 109 Å². The lowest BCUT2D eigenvalue weighted by Gasteiger charge is -2.02. The minimum atomic E-state index is -0.504. The molecule has 0 bridgehead atoms. The van der Waals surface area contributed by atoms with E-state index in [1.165, 1.54) is 12.1 Å². The van der Waals surface area contributed by atoms with Gasteiger partial charge in [0.2, 0.25) is 4.96 Å². The number of hydrogen-bond donors (Lipinski definition) is 0. The second-order valence-electron chi connectivity index (χ2n) is 6.45. The summed E-state index contributed by atoms with van der Waals surface area (Å²) in [6.07, 6.45) is 3.53. The third-order valence-electron chi connectivity index (χ3n) is 4.28. The van der Waals surface area contributed by atoms with E-state index in [4.69, 9.17) is 4.74 Å². The number of thiazole rings is 1. The van der Waals surface area contributed by atoms with E-state index in [-0.39, 0.29) is 28.5 Å². The average Bonchev–Trinajstić information content (AvgIpc) is 3.04. The minimum absolute atomic E-state index is 0.129. The fourth-order valence-corrected chi connectivity index (χ4v) is 3.72. The van der Waals surface area contributed by atoms with Crippen LogP contribution in [-0.4, -0.2) is 21.2 Å². The highest BCUT2D eigenvalue weighted by molar-refractivity contribution is 7.15. The Balaban J connectivity index is 1.69. The number of rotatable bonds is 6. The highest BCUT2D eigenvalue weighted by atomic mass is 32.1. The van der Waals surface area contributed by atoms with Crippen LogP contribution in [0.15, 0.2) is 70.8 Å². The molecule has 30 heavy (non-hydrogen) atoms. The second-order valence-corrected chi connectivity index (χ2v) is 7.45. The quantitative estimate of drug-likeness (QED) is 0.447. The van der Waals surface area contributed by atoms with Crippen molar-refractivity contribution in [2.24, 2.45) is 0 Å². The SMILES string of the molecule is C=CCOc1ccc(/C=c2/sc3nc(=O)c(Cc4ccc(F)cc4)nn3c2=O)cc1. The predicted molar refractivity (Wildman–Crippen MR) is 114 cm³/mol. The molecule has 4 rings (SSSR count). The molecule has 0 atom stereocenters. The number of benzene rings is 2. The molecular formula is C22H16FN3O3S. The normalized spacial score (nSPS) is 11.7. The molecule has 0 saturated carbocycles. The Bertz CT molecular complexity index is 1380. The lowest BCUT2D eigenvalue weighted by atomic mass is 10.1. The zero-order valence-electron chi connectivity index (χ0n) is 15.7.